The number of thioether (sulfide) groups is 1. The first-order valence-corrected chi connectivity index (χ1v) is 12.0. The summed E-state index contributed by atoms with van der Waals surface area (Å²) in [5, 5.41) is 4.85. The molecule has 0 aliphatic carbocycles. The molecule has 5 nitrogen and oxygen atoms in total. The second kappa shape index (κ2) is 10.2. The van der Waals surface area contributed by atoms with Crippen molar-refractivity contribution in [1.29, 1.82) is 0 Å². The van der Waals surface area contributed by atoms with E-state index in [0.29, 0.717) is 15.8 Å². The molecule has 0 bridgehead atoms. The maximum absolute atomic E-state index is 13.1. The Kier molecular flexibility index (Phi) is 7.11. The van der Waals surface area contributed by atoms with Gasteiger partial charge < -0.3 is 4.74 Å². The second-order valence-electron chi connectivity index (χ2n) is 7.65. The van der Waals surface area contributed by atoms with Crippen LogP contribution in [0, 0.1) is 0 Å². The van der Waals surface area contributed by atoms with Crippen molar-refractivity contribution in [2.75, 3.05) is 6.61 Å². The molecule has 2 aromatic carbocycles. The van der Waals surface area contributed by atoms with Gasteiger partial charge in [-0.05, 0) is 55.8 Å². The van der Waals surface area contributed by atoms with Crippen molar-refractivity contribution in [2.24, 2.45) is 0 Å². The maximum atomic E-state index is 13.1. The topological polar surface area (TPSA) is 47.4 Å². The lowest BCUT2D eigenvalue weighted by Crippen LogP contribution is -2.36. The molecule has 33 heavy (non-hydrogen) atoms. The first-order chi connectivity index (χ1) is 16.0. The fourth-order valence-electron chi connectivity index (χ4n) is 3.48. The molecule has 7 heteroatoms. The van der Waals surface area contributed by atoms with Gasteiger partial charge in [0.1, 0.15) is 16.7 Å². The molecule has 0 saturated carbocycles. The normalized spacial score (nSPS) is 15.8. The van der Waals surface area contributed by atoms with Crippen LogP contribution in [-0.2, 0) is 4.79 Å². The number of hydrogen-bond donors (Lipinski definition) is 0. The van der Waals surface area contributed by atoms with Crippen molar-refractivity contribution in [3.8, 4) is 22.7 Å². The number of carbonyl (C=O) groups is 1. The smallest absolute Gasteiger partial charge is 0.266 e. The molecule has 4 rings (SSSR count). The predicted molar refractivity (Wildman–Crippen MR) is 139 cm³/mol. The Morgan fingerprint density at radius 3 is 2.58 bits per heavy atom. The molecule has 1 amide bonds. The summed E-state index contributed by atoms with van der Waals surface area (Å²) < 4.78 is 8.04. The van der Waals surface area contributed by atoms with E-state index in [2.05, 4.69) is 13.5 Å². The van der Waals surface area contributed by atoms with Crippen molar-refractivity contribution in [1.82, 2.24) is 14.7 Å². The van der Waals surface area contributed by atoms with Crippen LogP contribution in [0.15, 0.2) is 78.4 Å². The Labute approximate surface area is 203 Å². The van der Waals surface area contributed by atoms with Gasteiger partial charge in [0, 0.05) is 23.4 Å². The Morgan fingerprint density at radius 1 is 1.18 bits per heavy atom. The van der Waals surface area contributed by atoms with E-state index in [4.69, 9.17) is 22.1 Å². The van der Waals surface area contributed by atoms with Gasteiger partial charge in [-0.15, -0.1) is 0 Å². The van der Waals surface area contributed by atoms with Crippen LogP contribution in [0.4, 0.5) is 0 Å². The van der Waals surface area contributed by atoms with E-state index in [1.165, 1.54) is 11.8 Å². The third kappa shape index (κ3) is 4.94. The average Bonchev–Trinajstić information content (AvgIpc) is 3.38. The summed E-state index contributed by atoms with van der Waals surface area (Å²) in [5.74, 6) is 0.711. The highest BCUT2D eigenvalue weighted by Crippen LogP contribution is 2.36. The standard InChI is InChI=1S/C26H25N3O2S2/c1-4-15-31-22-13-11-19(12-14-22)24-20(17-28(27-24)21-9-7-6-8-10-21)16-23-25(30)29(18(3)5-2)26(32)33-23/h4,6-14,16-18H,1,5,15H2,2-3H3/b23-16-. The molecule has 1 saturated heterocycles. The monoisotopic (exact) mass is 475 g/mol. The van der Waals surface area contributed by atoms with Gasteiger partial charge >= 0.3 is 0 Å². The summed E-state index contributed by atoms with van der Waals surface area (Å²) in [6, 6.07) is 17.7. The van der Waals surface area contributed by atoms with Crippen molar-refractivity contribution in [2.45, 2.75) is 26.3 Å². The second-order valence-corrected chi connectivity index (χ2v) is 9.32. The molecule has 168 valence electrons. The fourth-order valence-corrected chi connectivity index (χ4v) is 4.93. The minimum Gasteiger partial charge on any atom is -0.490 e. The van der Waals surface area contributed by atoms with E-state index >= 15 is 0 Å². The van der Waals surface area contributed by atoms with Crippen LogP contribution in [0.3, 0.4) is 0 Å². The zero-order chi connectivity index (χ0) is 23.4. The summed E-state index contributed by atoms with van der Waals surface area (Å²) in [7, 11) is 0. The fraction of sp³-hybridized carbons (Fsp3) is 0.192. The molecule has 1 atom stereocenters. The maximum Gasteiger partial charge on any atom is 0.266 e. The van der Waals surface area contributed by atoms with E-state index in [1.807, 2.05) is 78.5 Å². The Balaban J connectivity index is 1.75. The molecular formula is C26H25N3O2S2. The molecule has 1 fully saturated rings. The molecule has 1 aromatic heterocycles. The largest absolute Gasteiger partial charge is 0.490 e. The van der Waals surface area contributed by atoms with Crippen LogP contribution in [0.25, 0.3) is 23.0 Å². The van der Waals surface area contributed by atoms with Gasteiger partial charge in [-0.1, -0.05) is 61.8 Å². The number of ether oxygens (including phenoxy) is 1. The van der Waals surface area contributed by atoms with Gasteiger partial charge in [0.25, 0.3) is 5.91 Å². The third-order valence-electron chi connectivity index (χ3n) is 5.40. The van der Waals surface area contributed by atoms with Crippen LogP contribution in [0.5, 0.6) is 5.75 Å². The van der Waals surface area contributed by atoms with Gasteiger partial charge in [0.15, 0.2) is 0 Å². The molecule has 1 aliphatic heterocycles. The quantitative estimate of drug-likeness (QED) is 0.224. The Morgan fingerprint density at radius 2 is 1.91 bits per heavy atom. The van der Waals surface area contributed by atoms with Crippen LogP contribution in [-0.4, -0.2) is 37.6 Å². The van der Waals surface area contributed by atoms with Gasteiger partial charge in [0.2, 0.25) is 0 Å². The highest BCUT2D eigenvalue weighted by molar-refractivity contribution is 8.26. The lowest BCUT2D eigenvalue weighted by atomic mass is 10.1. The molecule has 0 N–H and O–H groups in total. The molecule has 3 aromatic rings. The number of amides is 1. The van der Waals surface area contributed by atoms with E-state index in [1.54, 1.807) is 11.0 Å². The average molecular weight is 476 g/mol. The van der Waals surface area contributed by atoms with Gasteiger partial charge in [-0.25, -0.2) is 4.68 Å². The van der Waals surface area contributed by atoms with E-state index in [0.717, 1.165) is 34.7 Å². The highest BCUT2D eigenvalue weighted by Gasteiger charge is 2.35. The van der Waals surface area contributed by atoms with Crippen LogP contribution < -0.4 is 4.74 Å². The summed E-state index contributed by atoms with van der Waals surface area (Å²) in [6.07, 6.45) is 6.40. The molecule has 0 radical (unpaired) electrons. The van der Waals surface area contributed by atoms with Crippen LogP contribution >= 0.6 is 24.0 Å². The summed E-state index contributed by atoms with van der Waals surface area (Å²) in [6.45, 7) is 8.20. The van der Waals surface area contributed by atoms with Crippen LogP contribution in [0.2, 0.25) is 0 Å². The number of nitrogens with zero attached hydrogens (tertiary/aromatic N) is 3. The zero-order valence-corrected chi connectivity index (χ0v) is 20.2. The number of aromatic nitrogens is 2. The molecule has 0 spiro atoms. The number of thiocarbonyl (C=S) groups is 1. The van der Waals surface area contributed by atoms with Crippen molar-refractivity contribution >= 4 is 40.3 Å². The molecular weight excluding hydrogens is 450 g/mol. The first kappa shape index (κ1) is 23.0. The predicted octanol–water partition coefficient (Wildman–Crippen LogP) is 6.10. The Bertz CT molecular complexity index is 1200. The minimum absolute atomic E-state index is 0.0501. The number of hydrogen-bond acceptors (Lipinski definition) is 5. The van der Waals surface area contributed by atoms with E-state index in [-0.39, 0.29) is 11.9 Å². The van der Waals surface area contributed by atoms with Gasteiger partial charge in [-0.3, -0.25) is 9.69 Å². The third-order valence-corrected chi connectivity index (χ3v) is 6.73. The first-order valence-electron chi connectivity index (χ1n) is 10.8. The minimum atomic E-state index is -0.0501. The summed E-state index contributed by atoms with van der Waals surface area (Å²) >= 11 is 6.84. The van der Waals surface area contributed by atoms with Crippen molar-refractivity contribution in [3.05, 3.63) is 83.9 Å². The zero-order valence-electron chi connectivity index (χ0n) is 18.6. The van der Waals surface area contributed by atoms with E-state index < -0.39 is 0 Å². The van der Waals surface area contributed by atoms with E-state index in [9.17, 15) is 4.79 Å². The lowest BCUT2D eigenvalue weighted by Gasteiger charge is -2.21. The summed E-state index contributed by atoms with van der Waals surface area (Å²) in [5.41, 5.74) is 3.50. The number of para-hydroxylation sites is 1. The van der Waals surface area contributed by atoms with Gasteiger partial charge in [-0.2, -0.15) is 5.10 Å². The molecule has 1 unspecified atom stereocenters. The lowest BCUT2D eigenvalue weighted by molar-refractivity contribution is -0.123. The van der Waals surface area contributed by atoms with Crippen molar-refractivity contribution < 1.29 is 9.53 Å². The number of rotatable bonds is 8. The summed E-state index contributed by atoms with van der Waals surface area (Å²) in [4.78, 5) is 15.4. The molecule has 2 heterocycles. The highest BCUT2D eigenvalue weighted by atomic mass is 32.2. The van der Waals surface area contributed by atoms with Gasteiger partial charge in [0.05, 0.1) is 16.3 Å². The van der Waals surface area contributed by atoms with Crippen LogP contribution in [0.1, 0.15) is 25.8 Å². The number of carbonyl (C=O) groups excluding carboxylic acids is 1. The SMILES string of the molecule is C=CCOc1ccc(-c2nn(-c3ccccc3)cc2/C=C2\SC(=S)N(C(C)CC)C2=O)cc1. The number of benzene rings is 2. The van der Waals surface area contributed by atoms with Crippen molar-refractivity contribution in [3.63, 3.8) is 0 Å². The molecule has 1 aliphatic rings. The Hall–Kier alpha value is -3.16.